The summed E-state index contributed by atoms with van der Waals surface area (Å²) >= 11 is 0. The number of carbonyl (C=O) groups excluding carboxylic acids is 1. The number of ether oxygens (including phenoxy) is 1. The predicted octanol–water partition coefficient (Wildman–Crippen LogP) is 4.55. The van der Waals surface area contributed by atoms with Crippen molar-refractivity contribution in [2.45, 2.75) is 18.7 Å². The first-order chi connectivity index (χ1) is 14.5. The van der Waals surface area contributed by atoms with Crippen molar-refractivity contribution in [2.24, 2.45) is 0 Å². The number of anilines is 2. The summed E-state index contributed by atoms with van der Waals surface area (Å²) in [6.45, 7) is 4.54. The normalized spacial score (nSPS) is 11.0. The molecule has 3 rings (SSSR count). The van der Waals surface area contributed by atoms with Gasteiger partial charge in [-0.2, -0.15) is 0 Å². The predicted molar refractivity (Wildman–Crippen MR) is 119 cm³/mol. The number of para-hydroxylation sites is 1. The van der Waals surface area contributed by atoms with Crippen LogP contribution in [0.5, 0.6) is 5.75 Å². The third-order valence-electron chi connectivity index (χ3n) is 4.46. The van der Waals surface area contributed by atoms with Crippen molar-refractivity contribution < 1.29 is 17.9 Å². The first-order valence-corrected chi connectivity index (χ1v) is 11.1. The number of nitrogens with zero attached hydrogens (tertiary/aromatic N) is 1. The Morgan fingerprint density at radius 2 is 1.53 bits per heavy atom. The Balaban J connectivity index is 1.74. The number of hydrogen-bond acceptors (Lipinski definition) is 4. The molecule has 1 amide bonds. The van der Waals surface area contributed by atoms with Crippen molar-refractivity contribution in [3.8, 4) is 5.75 Å². The van der Waals surface area contributed by atoms with Crippen molar-refractivity contribution >= 4 is 27.3 Å². The molecule has 0 aliphatic rings. The summed E-state index contributed by atoms with van der Waals surface area (Å²) in [5.74, 6) is 0.413. The second-order valence-electron chi connectivity index (χ2n) is 6.44. The number of nitrogens with one attached hydrogen (secondary N) is 1. The van der Waals surface area contributed by atoms with Crippen molar-refractivity contribution in [1.29, 1.82) is 0 Å². The van der Waals surface area contributed by atoms with Gasteiger partial charge in [0.05, 0.1) is 17.2 Å². The molecule has 3 aromatic rings. The molecule has 0 aliphatic carbocycles. The van der Waals surface area contributed by atoms with Gasteiger partial charge in [0.1, 0.15) is 5.75 Å². The highest BCUT2D eigenvalue weighted by atomic mass is 32.2. The van der Waals surface area contributed by atoms with E-state index >= 15 is 0 Å². The molecule has 0 unspecified atom stereocenters. The number of hydrogen-bond donors (Lipinski definition) is 1. The van der Waals surface area contributed by atoms with Gasteiger partial charge in [-0.25, -0.2) is 8.42 Å². The molecule has 156 valence electrons. The maximum absolute atomic E-state index is 13.0. The lowest BCUT2D eigenvalue weighted by Crippen LogP contribution is -2.30. The molecule has 0 atom stereocenters. The van der Waals surface area contributed by atoms with E-state index in [1.54, 1.807) is 67.6 Å². The minimum atomic E-state index is -3.71. The van der Waals surface area contributed by atoms with Crippen molar-refractivity contribution in [3.05, 3.63) is 84.4 Å². The maximum atomic E-state index is 13.0. The molecule has 0 aliphatic heterocycles. The highest BCUT2D eigenvalue weighted by Gasteiger charge is 2.23. The molecule has 0 radical (unpaired) electrons. The first-order valence-electron chi connectivity index (χ1n) is 9.67. The van der Waals surface area contributed by atoms with E-state index in [2.05, 4.69) is 5.32 Å². The molecule has 0 fully saturated rings. The van der Waals surface area contributed by atoms with Crippen molar-refractivity contribution in [2.75, 3.05) is 22.8 Å². The zero-order chi connectivity index (χ0) is 21.6. The van der Waals surface area contributed by atoms with Gasteiger partial charge >= 0.3 is 0 Å². The number of amides is 1. The fourth-order valence-corrected chi connectivity index (χ4v) is 4.47. The Kier molecular flexibility index (Phi) is 6.74. The zero-order valence-corrected chi connectivity index (χ0v) is 17.7. The minimum absolute atomic E-state index is 0.160. The van der Waals surface area contributed by atoms with Crippen molar-refractivity contribution in [1.82, 2.24) is 0 Å². The molecule has 0 spiro atoms. The number of benzene rings is 3. The lowest BCUT2D eigenvalue weighted by Gasteiger charge is -2.23. The molecular weight excluding hydrogens is 400 g/mol. The highest BCUT2D eigenvalue weighted by Crippen LogP contribution is 2.24. The molecule has 0 aromatic heterocycles. The lowest BCUT2D eigenvalue weighted by atomic mass is 10.2. The smallest absolute Gasteiger partial charge is 0.264 e. The average molecular weight is 425 g/mol. The largest absolute Gasteiger partial charge is 0.494 e. The second-order valence-corrected chi connectivity index (χ2v) is 8.30. The van der Waals surface area contributed by atoms with Crippen LogP contribution in [0.15, 0.2) is 83.8 Å². The van der Waals surface area contributed by atoms with Gasteiger partial charge in [0.25, 0.3) is 15.9 Å². The fourth-order valence-electron chi connectivity index (χ4n) is 3.00. The summed E-state index contributed by atoms with van der Waals surface area (Å²) in [6, 6.07) is 21.9. The number of carbonyl (C=O) groups is 1. The van der Waals surface area contributed by atoms with Crippen LogP contribution in [0.25, 0.3) is 0 Å². The van der Waals surface area contributed by atoms with Gasteiger partial charge in [-0.15, -0.1) is 0 Å². The van der Waals surface area contributed by atoms with Gasteiger partial charge in [0.2, 0.25) is 0 Å². The van der Waals surface area contributed by atoms with Crippen LogP contribution in [0.4, 0.5) is 11.4 Å². The Hall–Kier alpha value is -3.32. The average Bonchev–Trinajstić information content (AvgIpc) is 2.76. The molecule has 30 heavy (non-hydrogen) atoms. The van der Waals surface area contributed by atoms with E-state index in [-0.39, 0.29) is 10.8 Å². The molecule has 0 saturated carbocycles. The van der Waals surface area contributed by atoms with Crippen LogP contribution < -0.4 is 14.4 Å². The van der Waals surface area contributed by atoms with E-state index < -0.39 is 10.0 Å². The Morgan fingerprint density at radius 1 is 0.900 bits per heavy atom. The van der Waals surface area contributed by atoms with Crippen LogP contribution in [0.2, 0.25) is 0 Å². The van der Waals surface area contributed by atoms with Gasteiger partial charge in [-0.05, 0) is 74.5 Å². The second kappa shape index (κ2) is 9.45. The summed E-state index contributed by atoms with van der Waals surface area (Å²) in [5.41, 5.74) is 1.60. The van der Waals surface area contributed by atoms with Crippen LogP contribution in [-0.4, -0.2) is 27.5 Å². The number of sulfonamides is 1. The van der Waals surface area contributed by atoms with Crippen LogP contribution in [0.1, 0.15) is 24.2 Å². The van der Waals surface area contributed by atoms with Crippen LogP contribution in [-0.2, 0) is 10.0 Å². The maximum Gasteiger partial charge on any atom is 0.264 e. The van der Waals surface area contributed by atoms with E-state index in [4.69, 9.17) is 4.74 Å². The third kappa shape index (κ3) is 4.80. The van der Waals surface area contributed by atoms with Crippen LogP contribution >= 0.6 is 0 Å². The summed E-state index contributed by atoms with van der Waals surface area (Å²) in [4.78, 5) is 12.6. The SMILES string of the molecule is CCOc1ccc(C(=O)Nc2ccc(S(=O)(=O)N(CC)c3ccccc3)cc2)cc1. The summed E-state index contributed by atoms with van der Waals surface area (Å²) in [7, 11) is -3.71. The first kappa shape index (κ1) is 21.4. The molecule has 6 nitrogen and oxygen atoms in total. The lowest BCUT2D eigenvalue weighted by molar-refractivity contribution is 0.102. The third-order valence-corrected chi connectivity index (χ3v) is 6.38. The molecule has 7 heteroatoms. The Labute approximate surface area is 177 Å². The quantitative estimate of drug-likeness (QED) is 0.575. The summed E-state index contributed by atoms with van der Waals surface area (Å²) < 4.78 is 32.8. The topological polar surface area (TPSA) is 75.7 Å². The van der Waals surface area contributed by atoms with Gasteiger partial charge in [0.15, 0.2) is 0 Å². The fraction of sp³-hybridized carbons (Fsp3) is 0.174. The van der Waals surface area contributed by atoms with E-state index in [9.17, 15) is 13.2 Å². The van der Waals surface area contributed by atoms with Gasteiger partial charge in [0, 0.05) is 17.8 Å². The minimum Gasteiger partial charge on any atom is -0.494 e. The summed E-state index contributed by atoms with van der Waals surface area (Å²) in [6.07, 6.45) is 0. The summed E-state index contributed by atoms with van der Waals surface area (Å²) in [5, 5.41) is 2.78. The van der Waals surface area contributed by atoms with Gasteiger partial charge in [-0.1, -0.05) is 18.2 Å². The molecule has 0 heterocycles. The molecular formula is C23H24N2O4S. The molecule has 1 N–H and O–H groups in total. The highest BCUT2D eigenvalue weighted by molar-refractivity contribution is 7.92. The Bertz CT molecular complexity index is 1080. The van der Waals surface area contributed by atoms with Crippen LogP contribution in [0, 0.1) is 0 Å². The van der Waals surface area contributed by atoms with E-state index in [1.165, 1.54) is 16.4 Å². The Morgan fingerprint density at radius 3 is 2.10 bits per heavy atom. The van der Waals surface area contributed by atoms with Crippen LogP contribution in [0.3, 0.4) is 0 Å². The monoisotopic (exact) mass is 424 g/mol. The van der Waals surface area contributed by atoms with E-state index in [0.717, 1.165) is 0 Å². The van der Waals surface area contributed by atoms with Gasteiger partial charge in [-0.3, -0.25) is 9.10 Å². The molecule has 0 saturated heterocycles. The van der Waals surface area contributed by atoms with Gasteiger partial charge < -0.3 is 10.1 Å². The van der Waals surface area contributed by atoms with E-state index in [0.29, 0.717) is 35.8 Å². The number of rotatable bonds is 8. The molecule has 0 bridgehead atoms. The van der Waals surface area contributed by atoms with E-state index in [1.807, 2.05) is 13.0 Å². The molecule has 3 aromatic carbocycles. The van der Waals surface area contributed by atoms with Crippen molar-refractivity contribution in [3.63, 3.8) is 0 Å². The zero-order valence-electron chi connectivity index (χ0n) is 16.9. The standard InChI is InChI=1S/C23H24N2O4S/c1-3-25(20-8-6-5-7-9-20)30(27,28)22-16-12-19(13-17-22)24-23(26)18-10-14-21(15-11-18)29-4-2/h5-17H,3-4H2,1-2H3,(H,24,26).